The highest BCUT2D eigenvalue weighted by Crippen LogP contribution is 2.04. The predicted molar refractivity (Wildman–Crippen MR) is 75.7 cm³/mol. The van der Waals surface area contributed by atoms with Crippen molar-refractivity contribution in [2.75, 3.05) is 20.7 Å². The molecule has 2 N–H and O–H groups in total. The summed E-state index contributed by atoms with van der Waals surface area (Å²) in [6, 6.07) is 10.2. The van der Waals surface area contributed by atoms with Crippen LogP contribution in [0.1, 0.15) is 19.4 Å². The van der Waals surface area contributed by atoms with Crippen molar-refractivity contribution in [3.8, 4) is 0 Å². The van der Waals surface area contributed by atoms with Crippen LogP contribution in [0, 0.1) is 0 Å². The second-order valence-electron chi connectivity index (χ2n) is 4.73. The lowest BCUT2D eigenvalue weighted by Gasteiger charge is -2.24. The number of nitrogens with one attached hydrogen (secondary N) is 2. The monoisotopic (exact) mass is 249 g/mol. The van der Waals surface area contributed by atoms with E-state index in [0.29, 0.717) is 6.54 Å². The van der Waals surface area contributed by atoms with Crippen LogP contribution in [0.15, 0.2) is 35.3 Å². The maximum Gasteiger partial charge on any atom is 0.191 e. The molecule has 0 unspecified atom stereocenters. The first-order chi connectivity index (χ1) is 8.57. The number of benzene rings is 1. The van der Waals surface area contributed by atoms with E-state index in [0.717, 1.165) is 12.5 Å². The molecule has 1 aromatic rings. The van der Waals surface area contributed by atoms with Crippen molar-refractivity contribution >= 4 is 5.96 Å². The molecule has 0 saturated carbocycles. The average molecular weight is 249 g/mol. The number of ether oxygens (including phenoxy) is 1. The Hall–Kier alpha value is -1.55. The Kier molecular flexibility index (Phi) is 5.65. The van der Waals surface area contributed by atoms with Crippen LogP contribution < -0.4 is 10.6 Å². The highest BCUT2D eigenvalue weighted by Gasteiger charge is 2.16. The standard InChI is InChI=1S/C14H23N3O/c1-14(2,18-4)11-17-13(15-3)16-10-12-8-6-5-7-9-12/h5-9H,10-11H2,1-4H3,(H2,15,16,17). The lowest BCUT2D eigenvalue weighted by Crippen LogP contribution is -2.45. The fourth-order valence-corrected chi connectivity index (χ4v) is 1.37. The number of guanidine groups is 1. The number of aliphatic imine (C=N–C) groups is 1. The van der Waals surface area contributed by atoms with Crippen molar-refractivity contribution in [2.45, 2.75) is 26.0 Å². The van der Waals surface area contributed by atoms with E-state index in [1.807, 2.05) is 32.0 Å². The van der Waals surface area contributed by atoms with E-state index < -0.39 is 0 Å². The van der Waals surface area contributed by atoms with E-state index in [2.05, 4.69) is 27.8 Å². The maximum atomic E-state index is 5.35. The van der Waals surface area contributed by atoms with Gasteiger partial charge in [0.15, 0.2) is 5.96 Å². The van der Waals surface area contributed by atoms with Crippen LogP contribution in [0.2, 0.25) is 0 Å². The van der Waals surface area contributed by atoms with E-state index in [1.54, 1.807) is 14.2 Å². The van der Waals surface area contributed by atoms with Crippen LogP contribution in [0.25, 0.3) is 0 Å². The minimum atomic E-state index is -0.204. The van der Waals surface area contributed by atoms with Gasteiger partial charge >= 0.3 is 0 Å². The molecule has 0 fully saturated rings. The minimum absolute atomic E-state index is 0.204. The van der Waals surface area contributed by atoms with E-state index in [1.165, 1.54) is 5.56 Å². The second kappa shape index (κ2) is 7.01. The molecule has 4 heteroatoms. The number of hydrogen-bond acceptors (Lipinski definition) is 2. The molecular weight excluding hydrogens is 226 g/mol. The molecule has 0 aliphatic carbocycles. The highest BCUT2D eigenvalue weighted by molar-refractivity contribution is 5.79. The van der Waals surface area contributed by atoms with Crippen LogP contribution >= 0.6 is 0 Å². The lowest BCUT2D eigenvalue weighted by molar-refractivity contribution is 0.0268. The smallest absolute Gasteiger partial charge is 0.191 e. The van der Waals surface area contributed by atoms with Crippen molar-refractivity contribution in [3.63, 3.8) is 0 Å². The maximum absolute atomic E-state index is 5.35. The fraction of sp³-hybridized carbons (Fsp3) is 0.500. The summed E-state index contributed by atoms with van der Waals surface area (Å²) in [5.74, 6) is 0.781. The molecule has 0 spiro atoms. The van der Waals surface area contributed by atoms with Gasteiger partial charge in [0.1, 0.15) is 0 Å². The summed E-state index contributed by atoms with van der Waals surface area (Å²) in [5, 5.41) is 6.51. The molecule has 4 nitrogen and oxygen atoms in total. The fourth-order valence-electron chi connectivity index (χ4n) is 1.37. The Labute approximate surface area is 109 Å². The molecular formula is C14H23N3O. The SMILES string of the molecule is CN=C(NCc1ccccc1)NCC(C)(C)OC. The highest BCUT2D eigenvalue weighted by atomic mass is 16.5. The number of hydrogen-bond donors (Lipinski definition) is 2. The predicted octanol–water partition coefficient (Wildman–Crippen LogP) is 1.78. The lowest BCUT2D eigenvalue weighted by atomic mass is 10.1. The summed E-state index contributed by atoms with van der Waals surface area (Å²) in [5.41, 5.74) is 1.02. The first-order valence-electron chi connectivity index (χ1n) is 6.11. The molecule has 0 aromatic heterocycles. The molecule has 1 rings (SSSR count). The Morgan fingerprint density at radius 1 is 1.22 bits per heavy atom. The van der Waals surface area contributed by atoms with Gasteiger partial charge in [-0.2, -0.15) is 0 Å². The van der Waals surface area contributed by atoms with Gasteiger partial charge in [0.25, 0.3) is 0 Å². The van der Waals surface area contributed by atoms with Gasteiger partial charge in [0.2, 0.25) is 0 Å². The van der Waals surface area contributed by atoms with Crippen LogP contribution in [-0.2, 0) is 11.3 Å². The van der Waals surface area contributed by atoms with Gasteiger partial charge in [-0.1, -0.05) is 30.3 Å². The van der Waals surface area contributed by atoms with E-state index in [4.69, 9.17) is 4.74 Å². The molecule has 0 saturated heterocycles. The van der Waals surface area contributed by atoms with Gasteiger partial charge in [-0.05, 0) is 19.4 Å². The van der Waals surface area contributed by atoms with Gasteiger partial charge in [0, 0.05) is 27.2 Å². The summed E-state index contributed by atoms with van der Waals surface area (Å²) in [6.07, 6.45) is 0. The van der Waals surface area contributed by atoms with Crippen LogP contribution in [0.3, 0.4) is 0 Å². The molecule has 0 aliphatic heterocycles. The summed E-state index contributed by atoms with van der Waals surface area (Å²) >= 11 is 0. The van der Waals surface area contributed by atoms with Crippen molar-refractivity contribution in [3.05, 3.63) is 35.9 Å². The number of nitrogens with zero attached hydrogens (tertiary/aromatic N) is 1. The average Bonchev–Trinajstić information content (AvgIpc) is 2.40. The van der Waals surface area contributed by atoms with E-state index in [9.17, 15) is 0 Å². The van der Waals surface area contributed by atoms with Crippen LogP contribution in [-0.4, -0.2) is 32.3 Å². The molecule has 100 valence electrons. The number of methoxy groups -OCH3 is 1. The zero-order valence-electron chi connectivity index (χ0n) is 11.7. The van der Waals surface area contributed by atoms with E-state index in [-0.39, 0.29) is 5.60 Å². The Morgan fingerprint density at radius 2 is 1.89 bits per heavy atom. The van der Waals surface area contributed by atoms with Crippen molar-refractivity contribution in [2.24, 2.45) is 4.99 Å². The zero-order valence-corrected chi connectivity index (χ0v) is 11.7. The molecule has 0 atom stereocenters. The van der Waals surface area contributed by atoms with Gasteiger partial charge in [-0.15, -0.1) is 0 Å². The largest absolute Gasteiger partial charge is 0.377 e. The van der Waals surface area contributed by atoms with Crippen LogP contribution in [0.5, 0.6) is 0 Å². The van der Waals surface area contributed by atoms with Crippen molar-refractivity contribution < 1.29 is 4.74 Å². The Balaban J connectivity index is 2.40. The third-order valence-corrected chi connectivity index (χ3v) is 2.76. The quantitative estimate of drug-likeness (QED) is 0.617. The second-order valence-corrected chi connectivity index (χ2v) is 4.73. The topological polar surface area (TPSA) is 45.7 Å². The minimum Gasteiger partial charge on any atom is -0.377 e. The molecule has 1 aromatic carbocycles. The third kappa shape index (κ3) is 5.19. The number of rotatable bonds is 5. The zero-order chi connectivity index (χ0) is 13.4. The van der Waals surface area contributed by atoms with Gasteiger partial charge in [0.05, 0.1) is 5.60 Å². The van der Waals surface area contributed by atoms with Crippen LogP contribution in [0.4, 0.5) is 0 Å². The normalized spacial score (nSPS) is 12.3. The summed E-state index contributed by atoms with van der Waals surface area (Å²) < 4.78 is 5.35. The molecule has 0 heterocycles. The summed E-state index contributed by atoms with van der Waals surface area (Å²) in [7, 11) is 3.47. The Morgan fingerprint density at radius 3 is 2.44 bits per heavy atom. The molecule has 0 radical (unpaired) electrons. The summed E-state index contributed by atoms with van der Waals surface area (Å²) in [6.45, 7) is 5.53. The van der Waals surface area contributed by atoms with E-state index >= 15 is 0 Å². The third-order valence-electron chi connectivity index (χ3n) is 2.76. The Bertz CT molecular complexity index is 374. The molecule has 0 amide bonds. The van der Waals surface area contributed by atoms with Crippen molar-refractivity contribution in [1.29, 1.82) is 0 Å². The van der Waals surface area contributed by atoms with Gasteiger partial charge in [-0.25, -0.2) is 0 Å². The van der Waals surface area contributed by atoms with Crippen molar-refractivity contribution in [1.82, 2.24) is 10.6 Å². The molecule has 18 heavy (non-hydrogen) atoms. The molecule has 0 aliphatic rings. The summed E-state index contributed by atoms with van der Waals surface area (Å²) in [4.78, 5) is 4.18. The van der Waals surface area contributed by atoms with Gasteiger partial charge < -0.3 is 15.4 Å². The first kappa shape index (κ1) is 14.5. The molecule has 0 bridgehead atoms. The van der Waals surface area contributed by atoms with Gasteiger partial charge in [-0.3, -0.25) is 4.99 Å². The first-order valence-corrected chi connectivity index (χ1v) is 6.11.